The summed E-state index contributed by atoms with van der Waals surface area (Å²) < 4.78 is 0. The molecule has 2 rings (SSSR count). The van der Waals surface area contributed by atoms with Crippen LogP contribution in [0.5, 0.6) is 0 Å². The third-order valence-corrected chi connectivity index (χ3v) is 2.11. The predicted octanol–water partition coefficient (Wildman–Crippen LogP) is 3.21. The number of nitrogens with zero attached hydrogens (tertiary/aromatic N) is 1. The van der Waals surface area contributed by atoms with Crippen molar-refractivity contribution in [2.45, 2.75) is 6.92 Å². The summed E-state index contributed by atoms with van der Waals surface area (Å²) in [6.45, 7) is 2.02. The Kier molecular flexibility index (Phi) is 4.57. The van der Waals surface area contributed by atoms with Crippen LogP contribution in [0.25, 0.3) is 0 Å². The summed E-state index contributed by atoms with van der Waals surface area (Å²) in [7, 11) is 0. The highest BCUT2D eigenvalue weighted by atomic mass is 35.5. The molecular weight excluding hydrogens is 218 g/mol. The maximum Gasteiger partial charge on any atom is 0.116 e. The predicted molar refractivity (Wildman–Crippen MR) is 68.6 cm³/mol. The second kappa shape index (κ2) is 5.95. The Morgan fingerprint density at radius 1 is 0.938 bits per heavy atom. The first-order valence-corrected chi connectivity index (χ1v) is 4.85. The molecule has 0 saturated heterocycles. The van der Waals surface area contributed by atoms with Crippen LogP contribution < -0.4 is 0 Å². The fraction of sp³-hybridized carbons (Fsp3) is 0.0714. The van der Waals surface area contributed by atoms with E-state index in [1.54, 1.807) is 6.20 Å². The Hall–Kier alpha value is -1.78. The molecule has 0 fully saturated rings. The number of aryl methyl sites for hydroxylation is 1. The molecule has 0 aliphatic heterocycles. The fourth-order valence-corrected chi connectivity index (χ4v) is 1.27. The molecule has 0 aliphatic rings. The van der Waals surface area contributed by atoms with E-state index in [1.165, 1.54) is 0 Å². The van der Waals surface area contributed by atoms with E-state index in [-0.39, 0.29) is 12.4 Å². The Morgan fingerprint density at radius 3 is 2.38 bits per heavy atom. The van der Waals surface area contributed by atoms with E-state index in [1.807, 2.05) is 49.4 Å². The zero-order chi connectivity index (χ0) is 10.5. The van der Waals surface area contributed by atoms with Crippen molar-refractivity contribution in [2.75, 3.05) is 0 Å². The average molecular weight is 230 g/mol. The molecule has 0 amide bonds. The van der Waals surface area contributed by atoms with Gasteiger partial charge in [0.25, 0.3) is 0 Å². The number of pyridine rings is 1. The second-order valence-corrected chi connectivity index (χ2v) is 3.28. The highest BCUT2D eigenvalue weighted by molar-refractivity contribution is 5.85. The van der Waals surface area contributed by atoms with Crippen LogP contribution in [0.4, 0.5) is 0 Å². The van der Waals surface area contributed by atoms with Gasteiger partial charge in [-0.1, -0.05) is 30.2 Å². The van der Waals surface area contributed by atoms with Gasteiger partial charge in [-0.15, -0.1) is 12.4 Å². The molecule has 1 aromatic carbocycles. The zero-order valence-corrected chi connectivity index (χ0v) is 9.79. The van der Waals surface area contributed by atoms with E-state index in [0.29, 0.717) is 0 Å². The summed E-state index contributed by atoms with van der Waals surface area (Å²) in [5.74, 6) is 6.16. The van der Waals surface area contributed by atoms with Crippen molar-refractivity contribution < 1.29 is 0 Å². The first-order chi connectivity index (χ1) is 7.36. The largest absolute Gasteiger partial charge is 0.248 e. The maximum atomic E-state index is 4.22. The second-order valence-electron chi connectivity index (χ2n) is 3.28. The molecule has 2 aromatic rings. The van der Waals surface area contributed by atoms with Crippen LogP contribution in [-0.2, 0) is 0 Å². The number of aromatic nitrogens is 1. The molecule has 16 heavy (non-hydrogen) atoms. The molecule has 1 heterocycles. The van der Waals surface area contributed by atoms with Gasteiger partial charge < -0.3 is 0 Å². The lowest BCUT2D eigenvalue weighted by Gasteiger charge is -1.93. The molecule has 80 valence electrons. The molecule has 1 nitrogen and oxygen atoms in total. The molecular formula is C14H12ClN. The molecule has 0 atom stereocenters. The number of hydrogen-bond donors (Lipinski definition) is 0. The van der Waals surface area contributed by atoms with Crippen LogP contribution in [0.2, 0.25) is 0 Å². The Morgan fingerprint density at radius 2 is 1.69 bits per heavy atom. The molecule has 1 aromatic heterocycles. The minimum atomic E-state index is 0. The first kappa shape index (κ1) is 12.3. The van der Waals surface area contributed by atoms with Crippen LogP contribution in [0.15, 0.2) is 48.7 Å². The van der Waals surface area contributed by atoms with Crippen LogP contribution in [-0.4, -0.2) is 4.98 Å². The lowest BCUT2D eigenvalue weighted by Crippen LogP contribution is -1.85. The smallest absolute Gasteiger partial charge is 0.116 e. The number of halogens is 1. The van der Waals surface area contributed by atoms with Gasteiger partial charge in [-0.05, 0) is 36.6 Å². The molecule has 2 heteroatoms. The van der Waals surface area contributed by atoms with Crippen LogP contribution in [0, 0.1) is 18.8 Å². The first-order valence-electron chi connectivity index (χ1n) is 4.85. The third-order valence-electron chi connectivity index (χ3n) is 2.11. The van der Waals surface area contributed by atoms with Crippen LogP contribution in [0.1, 0.15) is 16.8 Å². The Bertz CT molecular complexity index is 509. The normalized spacial score (nSPS) is 8.56. The van der Waals surface area contributed by atoms with E-state index >= 15 is 0 Å². The lowest BCUT2D eigenvalue weighted by molar-refractivity contribution is 1.23. The van der Waals surface area contributed by atoms with Crippen molar-refractivity contribution in [3.05, 3.63) is 65.5 Å². The lowest BCUT2D eigenvalue weighted by atomic mass is 10.2. The molecule has 0 bridgehead atoms. The van der Waals surface area contributed by atoms with Crippen molar-refractivity contribution in [1.29, 1.82) is 0 Å². The van der Waals surface area contributed by atoms with Gasteiger partial charge in [0, 0.05) is 11.8 Å². The van der Waals surface area contributed by atoms with Crippen molar-refractivity contribution in [2.24, 2.45) is 0 Å². The Balaban J connectivity index is 0.00000128. The monoisotopic (exact) mass is 229 g/mol. The summed E-state index contributed by atoms with van der Waals surface area (Å²) in [5.41, 5.74) is 2.98. The molecule has 0 radical (unpaired) electrons. The fourth-order valence-electron chi connectivity index (χ4n) is 1.27. The highest BCUT2D eigenvalue weighted by Crippen LogP contribution is 2.01. The summed E-state index contributed by atoms with van der Waals surface area (Å²) in [5, 5.41) is 0. The maximum absolute atomic E-state index is 4.22. The number of hydrogen-bond acceptors (Lipinski definition) is 1. The minimum absolute atomic E-state index is 0. The van der Waals surface area contributed by atoms with Gasteiger partial charge in [-0.2, -0.15) is 0 Å². The van der Waals surface area contributed by atoms with Gasteiger partial charge in [-0.3, -0.25) is 0 Å². The van der Waals surface area contributed by atoms with Crippen molar-refractivity contribution in [1.82, 2.24) is 4.98 Å². The standard InChI is InChI=1S/C14H11N.ClH/c1-12-6-5-11-15-14(12)10-9-13-7-3-2-4-8-13;/h2-8,11H,1H3;1H. The quantitative estimate of drug-likeness (QED) is 0.633. The molecule has 0 spiro atoms. The summed E-state index contributed by atoms with van der Waals surface area (Å²) in [6, 6.07) is 13.9. The van der Waals surface area contributed by atoms with E-state index < -0.39 is 0 Å². The highest BCUT2D eigenvalue weighted by Gasteiger charge is 1.91. The van der Waals surface area contributed by atoms with Crippen molar-refractivity contribution in [3.63, 3.8) is 0 Å². The summed E-state index contributed by atoms with van der Waals surface area (Å²) in [4.78, 5) is 4.22. The van der Waals surface area contributed by atoms with Gasteiger partial charge in [0.1, 0.15) is 5.69 Å². The van der Waals surface area contributed by atoms with E-state index in [9.17, 15) is 0 Å². The van der Waals surface area contributed by atoms with Crippen molar-refractivity contribution >= 4 is 12.4 Å². The van der Waals surface area contributed by atoms with Gasteiger partial charge >= 0.3 is 0 Å². The topological polar surface area (TPSA) is 12.9 Å². The summed E-state index contributed by atoms with van der Waals surface area (Å²) >= 11 is 0. The molecule has 0 N–H and O–H groups in total. The zero-order valence-electron chi connectivity index (χ0n) is 8.97. The van der Waals surface area contributed by atoms with Crippen molar-refractivity contribution in [3.8, 4) is 11.8 Å². The van der Waals surface area contributed by atoms with Crippen LogP contribution >= 0.6 is 12.4 Å². The van der Waals surface area contributed by atoms with E-state index in [0.717, 1.165) is 16.8 Å². The summed E-state index contributed by atoms with van der Waals surface area (Å²) in [6.07, 6.45) is 1.77. The van der Waals surface area contributed by atoms with E-state index in [4.69, 9.17) is 0 Å². The van der Waals surface area contributed by atoms with E-state index in [2.05, 4.69) is 16.8 Å². The molecule has 0 unspecified atom stereocenters. The molecule has 0 saturated carbocycles. The minimum Gasteiger partial charge on any atom is -0.248 e. The Labute approximate surface area is 102 Å². The van der Waals surface area contributed by atoms with Gasteiger partial charge in [-0.25, -0.2) is 4.98 Å². The third kappa shape index (κ3) is 3.12. The van der Waals surface area contributed by atoms with Gasteiger partial charge in [0.05, 0.1) is 0 Å². The van der Waals surface area contributed by atoms with Crippen LogP contribution in [0.3, 0.4) is 0 Å². The number of benzene rings is 1. The molecule has 0 aliphatic carbocycles. The van der Waals surface area contributed by atoms with Gasteiger partial charge in [0.2, 0.25) is 0 Å². The number of rotatable bonds is 0. The average Bonchev–Trinajstić information content (AvgIpc) is 2.29. The SMILES string of the molecule is Cc1cccnc1C#Cc1ccccc1.Cl. The van der Waals surface area contributed by atoms with Gasteiger partial charge in [0.15, 0.2) is 0 Å².